The first-order valence-electron chi connectivity index (χ1n) is 6.46. The van der Waals surface area contributed by atoms with Gasteiger partial charge in [0.15, 0.2) is 0 Å². The summed E-state index contributed by atoms with van der Waals surface area (Å²) in [6, 6.07) is 12.6. The van der Waals surface area contributed by atoms with E-state index in [4.69, 9.17) is 4.74 Å². The van der Waals surface area contributed by atoms with Gasteiger partial charge in [-0.3, -0.25) is 9.59 Å². The van der Waals surface area contributed by atoms with E-state index in [1.807, 2.05) is 30.3 Å². The molecule has 1 aromatic heterocycles. The molecule has 1 heterocycles. The standard InChI is InChI=1S/C16H16N2O3/c1-17-16(20)14-9-11(10-19)8-13(18-14)15(21-2)12-6-4-3-5-7-12/h3-10,15H,1-2H3,(H,17,20). The van der Waals surface area contributed by atoms with Crippen LogP contribution in [-0.2, 0) is 4.74 Å². The van der Waals surface area contributed by atoms with Gasteiger partial charge in [-0.2, -0.15) is 0 Å². The van der Waals surface area contributed by atoms with E-state index < -0.39 is 6.10 Å². The highest BCUT2D eigenvalue weighted by Crippen LogP contribution is 2.24. The maximum absolute atomic E-state index is 11.8. The van der Waals surface area contributed by atoms with Crippen molar-refractivity contribution in [1.29, 1.82) is 0 Å². The van der Waals surface area contributed by atoms with Crippen molar-refractivity contribution in [1.82, 2.24) is 10.3 Å². The van der Waals surface area contributed by atoms with Crippen LogP contribution in [0.5, 0.6) is 0 Å². The quantitative estimate of drug-likeness (QED) is 0.853. The molecule has 1 N–H and O–H groups in total. The number of carbonyl (C=O) groups is 2. The third-order valence-corrected chi connectivity index (χ3v) is 3.07. The summed E-state index contributed by atoms with van der Waals surface area (Å²) in [4.78, 5) is 27.1. The van der Waals surface area contributed by atoms with Gasteiger partial charge in [0.2, 0.25) is 0 Å². The summed E-state index contributed by atoms with van der Waals surface area (Å²) < 4.78 is 5.48. The zero-order chi connectivity index (χ0) is 15.2. The Morgan fingerprint density at radius 2 is 2.00 bits per heavy atom. The van der Waals surface area contributed by atoms with Crippen LogP contribution in [0.15, 0.2) is 42.5 Å². The average molecular weight is 284 g/mol. The molecule has 0 bridgehead atoms. The summed E-state index contributed by atoms with van der Waals surface area (Å²) in [7, 11) is 3.08. The molecule has 1 atom stereocenters. The van der Waals surface area contributed by atoms with Crippen LogP contribution >= 0.6 is 0 Å². The molecule has 0 saturated carbocycles. The van der Waals surface area contributed by atoms with Gasteiger partial charge in [-0.25, -0.2) is 4.98 Å². The van der Waals surface area contributed by atoms with E-state index in [2.05, 4.69) is 10.3 Å². The molecule has 5 nitrogen and oxygen atoms in total. The van der Waals surface area contributed by atoms with Crippen LogP contribution in [0.2, 0.25) is 0 Å². The normalized spacial score (nSPS) is 11.7. The first-order valence-corrected chi connectivity index (χ1v) is 6.46. The molecule has 2 aromatic rings. The lowest BCUT2D eigenvalue weighted by Gasteiger charge is -2.16. The Labute approximate surface area is 123 Å². The smallest absolute Gasteiger partial charge is 0.269 e. The van der Waals surface area contributed by atoms with E-state index in [0.29, 0.717) is 17.5 Å². The van der Waals surface area contributed by atoms with E-state index in [0.717, 1.165) is 5.56 Å². The summed E-state index contributed by atoms with van der Waals surface area (Å²) in [6.45, 7) is 0. The molecular formula is C16H16N2O3. The zero-order valence-electron chi connectivity index (χ0n) is 11.9. The summed E-state index contributed by atoms with van der Waals surface area (Å²) in [5.74, 6) is -0.345. The minimum atomic E-state index is -0.436. The third-order valence-electron chi connectivity index (χ3n) is 3.07. The van der Waals surface area contributed by atoms with Crippen molar-refractivity contribution in [2.45, 2.75) is 6.10 Å². The number of amides is 1. The number of aldehydes is 1. The van der Waals surface area contributed by atoms with E-state index in [1.54, 1.807) is 13.2 Å². The zero-order valence-corrected chi connectivity index (χ0v) is 11.9. The number of benzene rings is 1. The predicted octanol–water partition coefficient (Wildman–Crippen LogP) is 1.99. The SMILES string of the molecule is CNC(=O)c1cc(C=O)cc(C(OC)c2ccccc2)n1. The van der Waals surface area contributed by atoms with Crippen molar-refractivity contribution < 1.29 is 14.3 Å². The number of rotatable bonds is 5. The monoisotopic (exact) mass is 284 g/mol. The minimum absolute atomic E-state index is 0.190. The van der Waals surface area contributed by atoms with Gasteiger partial charge in [-0.05, 0) is 17.7 Å². The van der Waals surface area contributed by atoms with Crippen molar-refractivity contribution in [3.8, 4) is 0 Å². The number of ether oxygens (including phenoxy) is 1. The fraction of sp³-hybridized carbons (Fsp3) is 0.188. The van der Waals surface area contributed by atoms with Crippen LogP contribution in [0, 0.1) is 0 Å². The third kappa shape index (κ3) is 3.32. The highest BCUT2D eigenvalue weighted by atomic mass is 16.5. The largest absolute Gasteiger partial charge is 0.370 e. The lowest BCUT2D eigenvalue weighted by Crippen LogP contribution is -2.21. The van der Waals surface area contributed by atoms with Gasteiger partial charge >= 0.3 is 0 Å². The maximum Gasteiger partial charge on any atom is 0.269 e. The number of nitrogens with zero attached hydrogens (tertiary/aromatic N) is 1. The lowest BCUT2D eigenvalue weighted by molar-refractivity contribution is 0.0955. The van der Waals surface area contributed by atoms with Crippen LogP contribution in [0.4, 0.5) is 0 Å². The molecule has 0 radical (unpaired) electrons. The fourth-order valence-corrected chi connectivity index (χ4v) is 2.08. The summed E-state index contributed by atoms with van der Waals surface area (Å²) in [6.07, 6.45) is 0.254. The fourth-order valence-electron chi connectivity index (χ4n) is 2.08. The Balaban J connectivity index is 2.50. The van der Waals surface area contributed by atoms with Gasteiger partial charge in [-0.15, -0.1) is 0 Å². The molecule has 1 aromatic carbocycles. The average Bonchev–Trinajstić information content (AvgIpc) is 2.55. The molecule has 0 aliphatic rings. The number of nitrogens with one attached hydrogen (secondary N) is 1. The summed E-state index contributed by atoms with van der Waals surface area (Å²) in [5.41, 5.74) is 2.00. The summed E-state index contributed by atoms with van der Waals surface area (Å²) >= 11 is 0. The van der Waals surface area contributed by atoms with Gasteiger partial charge in [-0.1, -0.05) is 30.3 Å². The minimum Gasteiger partial charge on any atom is -0.370 e. The van der Waals surface area contributed by atoms with Gasteiger partial charge < -0.3 is 10.1 Å². The molecule has 0 saturated heterocycles. The van der Waals surface area contributed by atoms with Crippen molar-refractivity contribution in [3.63, 3.8) is 0 Å². The Morgan fingerprint density at radius 1 is 1.29 bits per heavy atom. The Morgan fingerprint density at radius 3 is 2.57 bits per heavy atom. The summed E-state index contributed by atoms with van der Waals surface area (Å²) in [5, 5.41) is 2.50. The van der Waals surface area contributed by atoms with Crippen LogP contribution in [0.25, 0.3) is 0 Å². The molecule has 0 aliphatic carbocycles. The lowest BCUT2D eigenvalue weighted by atomic mass is 10.0. The first kappa shape index (κ1) is 14.9. The van der Waals surface area contributed by atoms with Gasteiger partial charge in [0.25, 0.3) is 5.91 Å². The molecule has 108 valence electrons. The van der Waals surface area contributed by atoms with Crippen LogP contribution in [0.1, 0.15) is 38.2 Å². The molecule has 1 unspecified atom stereocenters. The highest BCUT2D eigenvalue weighted by molar-refractivity contribution is 5.93. The number of hydrogen-bond donors (Lipinski definition) is 1. The topological polar surface area (TPSA) is 68.3 Å². The Bertz CT molecular complexity index is 641. The number of aromatic nitrogens is 1. The maximum atomic E-state index is 11.8. The van der Waals surface area contributed by atoms with Crippen LogP contribution in [-0.4, -0.2) is 31.3 Å². The molecule has 2 rings (SSSR count). The number of methoxy groups -OCH3 is 1. The van der Waals surface area contributed by atoms with E-state index in [1.165, 1.54) is 13.1 Å². The number of carbonyl (C=O) groups excluding carboxylic acids is 2. The molecule has 0 spiro atoms. The number of pyridine rings is 1. The van der Waals surface area contributed by atoms with Crippen molar-refractivity contribution in [2.24, 2.45) is 0 Å². The van der Waals surface area contributed by atoms with E-state index >= 15 is 0 Å². The number of hydrogen-bond acceptors (Lipinski definition) is 4. The second-order valence-corrected chi connectivity index (χ2v) is 4.43. The van der Waals surface area contributed by atoms with Gasteiger partial charge in [0, 0.05) is 19.7 Å². The molecule has 1 amide bonds. The second kappa shape index (κ2) is 6.76. The van der Waals surface area contributed by atoms with Gasteiger partial charge in [0.1, 0.15) is 18.1 Å². The molecule has 0 fully saturated rings. The van der Waals surface area contributed by atoms with Gasteiger partial charge in [0.05, 0.1) is 5.69 Å². The van der Waals surface area contributed by atoms with Crippen molar-refractivity contribution in [3.05, 3.63) is 65.0 Å². The van der Waals surface area contributed by atoms with E-state index in [-0.39, 0.29) is 11.6 Å². The molecule has 5 heteroatoms. The highest BCUT2D eigenvalue weighted by Gasteiger charge is 2.18. The molecule has 0 aliphatic heterocycles. The van der Waals surface area contributed by atoms with Crippen LogP contribution in [0.3, 0.4) is 0 Å². The molecule has 21 heavy (non-hydrogen) atoms. The van der Waals surface area contributed by atoms with Crippen molar-refractivity contribution in [2.75, 3.05) is 14.2 Å². The Kier molecular flexibility index (Phi) is 4.79. The first-order chi connectivity index (χ1) is 10.2. The predicted molar refractivity (Wildman–Crippen MR) is 78.3 cm³/mol. The molecular weight excluding hydrogens is 268 g/mol. The van der Waals surface area contributed by atoms with Crippen molar-refractivity contribution >= 4 is 12.2 Å². The Hall–Kier alpha value is -2.53. The second-order valence-electron chi connectivity index (χ2n) is 4.43. The van der Waals surface area contributed by atoms with E-state index in [9.17, 15) is 9.59 Å². The van der Waals surface area contributed by atoms with Crippen LogP contribution < -0.4 is 5.32 Å².